The van der Waals surface area contributed by atoms with Crippen LogP contribution in [0.15, 0.2) is 55.1 Å². The first-order valence-electron chi connectivity index (χ1n) is 9.05. The van der Waals surface area contributed by atoms with Gasteiger partial charge in [0.15, 0.2) is 0 Å². The van der Waals surface area contributed by atoms with Gasteiger partial charge in [0.2, 0.25) is 5.91 Å². The summed E-state index contributed by atoms with van der Waals surface area (Å²) in [6, 6.07) is 12.5. The van der Waals surface area contributed by atoms with Crippen LogP contribution in [-0.2, 0) is 4.79 Å². The number of likely N-dealkylation sites (N-methyl/N-ethyl adjacent to an activating group) is 1. The molecular weight excluding hydrogens is 372 g/mol. The van der Waals surface area contributed by atoms with E-state index in [1.165, 1.54) is 12.4 Å². The summed E-state index contributed by atoms with van der Waals surface area (Å²) >= 11 is 0. The van der Waals surface area contributed by atoms with E-state index in [9.17, 15) is 14.9 Å². The number of hydrogen-bond acceptors (Lipinski definition) is 6. The Morgan fingerprint density at radius 1 is 1.28 bits per heavy atom. The Morgan fingerprint density at radius 3 is 2.62 bits per heavy atom. The number of nitrogens with one attached hydrogen (secondary N) is 1. The summed E-state index contributed by atoms with van der Waals surface area (Å²) in [5.41, 5.74) is 2.89. The van der Waals surface area contributed by atoms with Crippen LogP contribution in [0.3, 0.4) is 0 Å². The lowest BCUT2D eigenvalue weighted by Gasteiger charge is -2.24. The van der Waals surface area contributed by atoms with E-state index in [0.29, 0.717) is 11.3 Å². The van der Waals surface area contributed by atoms with Gasteiger partial charge in [0.1, 0.15) is 12.7 Å². The predicted molar refractivity (Wildman–Crippen MR) is 109 cm³/mol. The fraction of sp³-hybridized carbons (Fsp3) is 0.250. The van der Waals surface area contributed by atoms with Crippen LogP contribution in [0, 0.1) is 17.0 Å². The van der Waals surface area contributed by atoms with Crippen molar-refractivity contribution < 1.29 is 9.72 Å². The summed E-state index contributed by atoms with van der Waals surface area (Å²) < 4.78 is 1.67. The fourth-order valence-corrected chi connectivity index (χ4v) is 2.95. The predicted octanol–water partition coefficient (Wildman–Crippen LogP) is 3.12. The summed E-state index contributed by atoms with van der Waals surface area (Å²) in [7, 11) is 1.85. The number of aromatic nitrogens is 3. The van der Waals surface area contributed by atoms with E-state index in [1.54, 1.807) is 30.1 Å². The topological polar surface area (TPSA) is 106 Å². The zero-order chi connectivity index (χ0) is 21.0. The first-order chi connectivity index (χ1) is 13.8. The van der Waals surface area contributed by atoms with Crippen LogP contribution >= 0.6 is 0 Å². The van der Waals surface area contributed by atoms with Crippen molar-refractivity contribution in [1.82, 2.24) is 19.7 Å². The van der Waals surface area contributed by atoms with Crippen LogP contribution in [0.1, 0.15) is 24.1 Å². The molecule has 9 nitrogen and oxygen atoms in total. The number of benzene rings is 2. The highest BCUT2D eigenvalue weighted by Crippen LogP contribution is 2.23. The highest BCUT2D eigenvalue weighted by Gasteiger charge is 2.17. The van der Waals surface area contributed by atoms with Crippen LogP contribution in [0.4, 0.5) is 11.4 Å². The molecule has 2 aromatic carbocycles. The normalized spacial score (nSPS) is 12.0. The van der Waals surface area contributed by atoms with Gasteiger partial charge in [-0.05, 0) is 44.7 Å². The van der Waals surface area contributed by atoms with Gasteiger partial charge in [-0.25, -0.2) is 9.67 Å². The number of nitro benzene ring substituents is 1. The van der Waals surface area contributed by atoms with E-state index in [4.69, 9.17) is 0 Å². The van der Waals surface area contributed by atoms with Gasteiger partial charge in [-0.3, -0.25) is 19.8 Å². The minimum absolute atomic E-state index is 0.00194. The maximum atomic E-state index is 12.4. The van der Waals surface area contributed by atoms with Gasteiger partial charge in [0.05, 0.1) is 17.2 Å². The molecule has 0 radical (unpaired) electrons. The van der Waals surface area contributed by atoms with Crippen molar-refractivity contribution in [3.05, 3.63) is 76.4 Å². The van der Waals surface area contributed by atoms with Crippen LogP contribution in [0.2, 0.25) is 0 Å². The quantitative estimate of drug-likeness (QED) is 0.487. The Labute approximate surface area is 168 Å². The van der Waals surface area contributed by atoms with Crippen molar-refractivity contribution in [1.29, 1.82) is 0 Å². The largest absolute Gasteiger partial charge is 0.325 e. The summed E-state index contributed by atoms with van der Waals surface area (Å²) in [5, 5.41) is 17.9. The lowest BCUT2D eigenvalue weighted by Crippen LogP contribution is -2.32. The minimum atomic E-state index is -0.456. The molecule has 0 spiro atoms. The molecule has 1 heterocycles. The van der Waals surface area contributed by atoms with Gasteiger partial charge in [-0.1, -0.05) is 18.2 Å². The van der Waals surface area contributed by atoms with Gasteiger partial charge >= 0.3 is 0 Å². The smallest absolute Gasteiger partial charge is 0.274 e. The molecule has 1 amide bonds. The maximum absolute atomic E-state index is 12.4. The minimum Gasteiger partial charge on any atom is -0.325 e. The molecule has 1 atom stereocenters. The van der Waals surface area contributed by atoms with Crippen molar-refractivity contribution in [2.24, 2.45) is 0 Å². The molecular formula is C20H22N6O3. The fourth-order valence-electron chi connectivity index (χ4n) is 2.95. The standard InChI is InChI=1S/C20H22N6O3/c1-14-4-7-17(10-19(14)26(28)29)23-20(27)11-24(3)15(2)16-5-8-18(9-6-16)25-13-21-12-22-25/h4-10,12-13,15H,11H2,1-3H3,(H,23,27). The second-order valence-corrected chi connectivity index (χ2v) is 6.83. The molecule has 9 heteroatoms. The van der Waals surface area contributed by atoms with Crippen LogP contribution in [0.5, 0.6) is 0 Å². The van der Waals surface area contributed by atoms with Crippen LogP contribution in [0.25, 0.3) is 5.69 Å². The summed E-state index contributed by atoms with van der Waals surface area (Å²) in [5.74, 6) is -0.239. The van der Waals surface area contributed by atoms with Gasteiger partial charge in [0, 0.05) is 23.4 Å². The number of anilines is 1. The molecule has 0 bridgehead atoms. The van der Waals surface area contributed by atoms with E-state index >= 15 is 0 Å². The van der Waals surface area contributed by atoms with E-state index < -0.39 is 4.92 Å². The molecule has 0 saturated carbocycles. The third-order valence-corrected chi connectivity index (χ3v) is 4.80. The average Bonchev–Trinajstić information content (AvgIpc) is 3.23. The second-order valence-electron chi connectivity index (χ2n) is 6.83. The Balaban J connectivity index is 1.62. The zero-order valence-electron chi connectivity index (χ0n) is 16.4. The first-order valence-corrected chi connectivity index (χ1v) is 9.05. The number of nitro groups is 1. The number of carbonyl (C=O) groups excluding carboxylic acids is 1. The maximum Gasteiger partial charge on any atom is 0.274 e. The monoisotopic (exact) mass is 394 g/mol. The molecule has 29 heavy (non-hydrogen) atoms. The highest BCUT2D eigenvalue weighted by atomic mass is 16.6. The average molecular weight is 394 g/mol. The molecule has 0 aliphatic rings. The number of aryl methyl sites for hydroxylation is 1. The first kappa shape index (κ1) is 20.2. The second kappa shape index (κ2) is 8.61. The Bertz CT molecular complexity index is 1000. The van der Waals surface area contributed by atoms with Gasteiger partial charge in [-0.15, -0.1) is 0 Å². The van der Waals surface area contributed by atoms with Crippen molar-refractivity contribution >= 4 is 17.3 Å². The van der Waals surface area contributed by atoms with Crippen molar-refractivity contribution in [2.75, 3.05) is 18.9 Å². The SMILES string of the molecule is Cc1ccc(NC(=O)CN(C)C(C)c2ccc(-n3cncn3)cc2)cc1[N+](=O)[O-]. The van der Waals surface area contributed by atoms with Crippen molar-refractivity contribution in [2.45, 2.75) is 19.9 Å². The number of rotatable bonds is 7. The van der Waals surface area contributed by atoms with Crippen LogP contribution < -0.4 is 5.32 Å². The number of carbonyl (C=O) groups is 1. The lowest BCUT2D eigenvalue weighted by molar-refractivity contribution is -0.385. The lowest BCUT2D eigenvalue weighted by atomic mass is 10.1. The number of nitrogens with zero attached hydrogens (tertiary/aromatic N) is 5. The Hall–Kier alpha value is -3.59. The third kappa shape index (κ3) is 4.82. The van der Waals surface area contributed by atoms with Crippen LogP contribution in [-0.4, -0.2) is 44.1 Å². The van der Waals surface area contributed by atoms with Crippen molar-refractivity contribution in [3.63, 3.8) is 0 Å². The Morgan fingerprint density at radius 2 is 2.00 bits per heavy atom. The number of hydrogen-bond donors (Lipinski definition) is 1. The zero-order valence-corrected chi connectivity index (χ0v) is 16.4. The van der Waals surface area contributed by atoms with E-state index in [1.807, 2.05) is 43.1 Å². The van der Waals surface area contributed by atoms with Gasteiger partial charge < -0.3 is 5.32 Å². The molecule has 3 aromatic rings. The van der Waals surface area contributed by atoms with Crippen molar-refractivity contribution in [3.8, 4) is 5.69 Å². The molecule has 0 saturated heterocycles. The highest BCUT2D eigenvalue weighted by molar-refractivity contribution is 5.92. The molecule has 0 aliphatic heterocycles. The van der Waals surface area contributed by atoms with Gasteiger partial charge in [-0.2, -0.15) is 5.10 Å². The van der Waals surface area contributed by atoms with Gasteiger partial charge in [0.25, 0.3) is 5.69 Å². The molecule has 1 unspecified atom stereocenters. The van der Waals surface area contributed by atoms with E-state index in [2.05, 4.69) is 15.4 Å². The Kier molecular flexibility index (Phi) is 5.99. The molecule has 150 valence electrons. The summed E-state index contributed by atoms with van der Waals surface area (Å²) in [6.07, 6.45) is 3.11. The van der Waals surface area contributed by atoms with E-state index in [0.717, 1.165) is 11.3 Å². The summed E-state index contributed by atoms with van der Waals surface area (Å²) in [4.78, 5) is 28.8. The molecule has 0 fully saturated rings. The molecule has 0 aliphatic carbocycles. The summed E-state index contributed by atoms with van der Waals surface area (Å²) in [6.45, 7) is 3.81. The molecule has 1 N–H and O–H groups in total. The molecule has 3 rings (SSSR count). The van der Waals surface area contributed by atoms with E-state index in [-0.39, 0.29) is 24.2 Å². The molecule has 1 aromatic heterocycles. The third-order valence-electron chi connectivity index (χ3n) is 4.80. The number of amides is 1.